The maximum Gasteiger partial charge on any atom is 0.427 e. The topological polar surface area (TPSA) is 106 Å². The van der Waals surface area contributed by atoms with Gasteiger partial charge < -0.3 is 19.0 Å². The Hall–Kier alpha value is -2.95. The van der Waals surface area contributed by atoms with Crippen LogP contribution in [0.1, 0.15) is 44.5 Å². The Labute approximate surface area is 215 Å². The summed E-state index contributed by atoms with van der Waals surface area (Å²) in [5.74, 6) is 2.19. The number of hydroxylamine groups is 1. The van der Waals surface area contributed by atoms with Crippen molar-refractivity contribution in [2.24, 2.45) is 11.8 Å². The average Bonchev–Trinajstić information content (AvgIpc) is 3.47. The minimum Gasteiger partial charge on any atom is -0.383 e. The summed E-state index contributed by atoms with van der Waals surface area (Å²) in [6, 6.07) is 3.75. The molecule has 3 aromatic rings. The van der Waals surface area contributed by atoms with Gasteiger partial charge in [-0.1, -0.05) is 31.4 Å². The number of carbonyl (C=O) groups excluding carboxylic acids is 1. The third-order valence-electron chi connectivity index (χ3n) is 7.08. The van der Waals surface area contributed by atoms with Crippen LogP contribution >= 0.6 is 11.6 Å². The van der Waals surface area contributed by atoms with E-state index in [1.165, 1.54) is 25.7 Å². The number of nitrogens with one attached hydrogen (secondary N) is 2. The van der Waals surface area contributed by atoms with Crippen LogP contribution in [0.4, 0.5) is 10.7 Å². The lowest BCUT2D eigenvalue weighted by atomic mass is 9.83. The Morgan fingerprint density at radius 1 is 1.22 bits per heavy atom. The summed E-state index contributed by atoms with van der Waals surface area (Å²) in [6.45, 7) is 4.47. The van der Waals surface area contributed by atoms with E-state index in [0.717, 1.165) is 35.0 Å². The zero-order valence-electron chi connectivity index (χ0n) is 20.8. The first kappa shape index (κ1) is 24.7. The molecule has 10 nitrogen and oxygen atoms in total. The fourth-order valence-corrected chi connectivity index (χ4v) is 5.21. The van der Waals surface area contributed by atoms with E-state index in [9.17, 15) is 4.79 Å². The van der Waals surface area contributed by atoms with E-state index in [2.05, 4.69) is 32.2 Å². The van der Waals surface area contributed by atoms with Crippen LogP contribution in [0.5, 0.6) is 0 Å². The van der Waals surface area contributed by atoms with Crippen LogP contribution in [0, 0.1) is 11.8 Å². The number of nitrogens with zero attached hydrogens (tertiary/aromatic N) is 5. The molecule has 1 atom stereocenters. The number of fused-ring (bicyclic) bond motifs is 1. The molecule has 192 valence electrons. The van der Waals surface area contributed by atoms with Crippen LogP contribution in [0.2, 0.25) is 5.02 Å². The third kappa shape index (κ3) is 5.11. The Bertz CT molecular complexity index is 1240. The zero-order valence-corrected chi connectivity index (χ0v) is 21.6. The summed E-state index contributed by atoms with van der Waals surface area (Å²) >= 11 is 6.33. The van der Waals surface area contributed by atoms with E-state index >= 15 is 0 Å². The molecule has 4 heterocycles. The molecule has 1 unspecified atom stereocenters. The lowest BCUT2D eigenvalue weighted by Crippen LogP contribution is -2.27. The van der Waals surface area contributed by atoms with Crippen molar-refractivity contribution in [3.63, 3.8) is 0 Å². The number of rotatable bonds is 8. The quantitative estimate of drug-likeness (QED) is 0.459. The van der Waals surface area contributed by atoms with Crippen molar-refractivity contribution < 1.29 is 14.4 Å². The number of carbonyl (C=O) groups is 1. The van der Waals surface area contributed by atoms with Crippen LogP contribution in [0.3, 0.4) is 0 Å². The van der Waals surface area contributed by atoms with Crippen LogP contribution in [0.25, 0.3) is 22.3 Å². The van der Waals surface area contributed by atoms with Crippen molar-refractivity contribution in [1.29, 1.82) is 0 Å². The second kappa shape index (κ2) is 10.6. The number of pyridine rings is 2. The Morgan fingerprint density at radius 3 is 2.72 bits per heavy atom. The maximum absolute atomic E-state index is 11.7. The summed E-state index contributed by atoms with van der Waals surface area (Å²) in [5.41, 5.74) is 6.48. The van der Waals surface area contributed by atoms with Crippen LogP contribution < -0.4 is 15.7 Å². The number of ether oxygens (including phenoxy) is 1. The predicted octanol–water partition coefficient (Wildman–Crippen LogP) is 4.30. The van der Waals surface area contributed by atoms with Crippen LogP contribution in [0.15, 0.2) is 24.5 Å². The van der Waals surface area contributed by atoms with E-state index in [1.54, 1.807) is 19.5 Å². The van der Waals surface area contributed by atoms with Gasteiger partial charge in [0.05, 0.1) is 34.1 Å². The monoisotopic (exact) mass is 513 g/mol. The summed E-state index contributed by atoms with van der Waals surface area (Å²) in [7, 11) is 3.73. The number of hydrogen-bond donors (Lipinski definition) is 2. The molecule has 3 aromatic heterocycles. The van der Waals surface area contributed by atoms with E-state index in [0.29, 0.717) is 35.5 Å². The minimum absolute atomic E-state index is 0.522. The highest BCUT2D eigenvalue weighted by Gasteiger charge is 2.29. The number of halogens is 1. The number of amides is 1. The largest absolute Gasteiger partial charge is 0.427 e. The first-order valence-corrected chi connectivity index (χ1v) is 12.8. The van der Waals surface area contributed by atoms with E-state index < -0.39 is 12.3 Å². The number of anilines is 1. The molecule has 2 aliphatic rings. The average molecular weight is 514 g/mol. The summed E-state index contributed by atoms with van der Waals surface area (Å²) in [5, 5.41) is 3.25. The van der Waals surface area contributed by atoms with Crippen molar-refractivity contribution >= 4 is 34.7 Å². The molecule has 1 aliphatic carbocycles. The second-order valence-electron chi connectivity index (χ2n) is 9.80. The highest BCUT2D eigenvalue weighted by atomic mass is 35.5. The predicted molar refractivity (Wildman–Crippen MR) is 138 cm³/mol. The maximum atomic E-state index is 11.7. The number of imidazole rings is 1. The molecule has 2 fully saturated rings. The summed E-state index contributed by atoms with van der Waals surface area (Å²) < 4.78 is 7.62. The number of hydrogen-bond acceptors (Lipinski definition) is 8. The number of aromatic nitrogens is 4. The molecule has 0 spiro atoms. The van der Waals surface area contributed by atoms with Gasteiger partial charge >= 0.3 is 6.09 Å². The van der Waals surface area contributed by atoms with Gasteiger partial charge in [-0.3, -0.25) is 10.3 Å². The van der Waals surface area contributed by atoms with Gasteiger partial charge in [-0.2, -0.15) is 0 Å². The van der Waals surface area contributed by atoms with Crippen molar-refractivity contribution in [2.45, 2.75) is 45.3 Å². The van der Waals surface area contributed by atoms with E-state index in [-0.39, 0.29) is 0 Å². The van der Waals surface area contributed by atoms with Crippen molar-refractivity contribution in [3.05, 3.63) is 35.2 Å². The molecular weight excluding hydrogens is 482 g/mol. The Kier molecular flexibility index (Phi) is 7.27. The lowest BCUT2D eigenvalue weighted by Gasteiger charge is -2.28. The van der Waals surface area contributed by atoms with Crippen molar-refractivity contribution in [3.8, 4) is 11.3 Å². The number of methoxy groups -OCH3 is 1. The smallest absolute Gasteiger partial charge is 0.383 e. The van der Waals surface area contributed by atoms with Crippen LogP contribution in [-0.4, -0.2) is 52.9 Å². The van der Waals surface area contributed by atoms with Gasteiger partial charge in [0.25, 0.3) is 0 Å². The van der Waals surface area contributed by atoms with Gasteiger partial charge in [0.15, 0.2) is 6.17 Å². The molecule has 1 saturated carbocycles. The van der Waals surface area contributed by atoms with Gasteiger partial charge in [-0.15, -0.1) is 5.48 Å². The van der Waals surface area contributed by atoms with Crippen molar-refractivity contribution in [2.75, 3.05) is 32.2 Å². The fraction of sp³-hybridized carbons (Fsp3) is 0.520. The third-order valence-corrected chi connectivity index (χ3v) is 7.29. The Morgan fingerprint density at radius 2 is 2.03 bits per heavy atom. The molecular formula is C25H32ClN7O3. The lowest BCUT2D eigenvalue weighted by molar-refractivity contribution is 0.121. The molecule has 1 saturated heterocycles. The molecule has 36 heavy (non-hydrogen) atoms. The summed E-state index contributed by atoms with van der Waals surface area (Å²) in [6.07, 6.45) is 7.08. The van der Waals surface area contributed by atoms with Gasteiger partial charge in [-0.05, 0) is 36.8 Å². The standard InChI is InChI=1S/C25H32ClN7O3/c1-15-4-6-16(7-5-15)14-33-22-19(29-24(33)32(2)8-9-35-3)11-20(23-30-25(34)36-31-23)28-21(22)17-10-18(26)13-27-12-17/h10-13,15-16,23,31H,4-9,14H2,1-3H3,(H,30,34). The van der Waals surface area contributed by atoms with Gasteiger partial charge in [0, 0.05) is 45.2 Å². The molecule has 5 rings (SSSR count). The first-order chi connectivity index (χ1) is 17.4. The highest BCUT2D eigenvalue weighted by molar-refractivity contribution is 6.30. The van der Waals surface area contributed by atoms with Gasteiger partial charge in [0.2, 0.25) is 5.95 Å². The number of likely N-dealkylation sites (N-methyl/N-ethyl adjacent to an activating group) is 1. The van der Waals surface area contributed by atoms with Crippen molar-refractivity contribution in [1.82, 2.24) is 30.3 Å². The molecule has 0 aromatic carbocycles. The van der Waals surface area contributed by atoms with Crippen LogP contribution in [-0.2, 0) is 16.1 Å². The molecule has 0 radical (unpaired) electrons. The van der Waals surface area contributed by atoms with Gasteiger partial charge in [0.1, 0.15) is 0 Å². The molecule has 1 aliphatic heterocycles. The fourth-order valence-electron chi connectivity index (χ4n) is 5.04. The minimum atomic E-state index is -0.590. The van der Waals surface area contributed by atoms with E-state index in [1.807, 2.05) is 19.2 Å². The molecule has 2 N–H and O–H groups in total. The Balaban J connectivity index is 1.67. The van der Waals surface area contributed by atoms with Gasteiger partial charge in [-0.25, -0.2) is 14.8 Å². The second-order valence-corrected chi connectivity index (χ2v) is 10.2. The van der Waals surface area contributed by atoms with E-state index in [4.69, 9.17) is 31.1 Å². The molecule has 11 heteroatoms. The first-order valence-electron chi connectivity index (χ1n) is 12.4. The molecule has 1 amide bonds. The summed E-state index contributed by atoms with van der Waals surface area (Å²) in [4.78, 5) is 33.0. The SMILES string of the molecule is COCCN(C)c1nc2cc(C3NOC(=O)N3)nc(-c3cncc(Cl)c3)c2n1CC1CCC(C)CC1. The highest BCUT2D eigenvalue weighted by Crippen LogP contribution is 2.36. The normalized spacial score (nSPS) is 22.0. The molecule has 0 bridgehead atoms. The zero-order chi connectivity index (χ0) is 25.2.